The van der Waals surface area contributed by atoms with Gasteiger partial charge in [0.05, 0.1) is 0 Å². The quantitative estimate of drug-likeness (QED) is 0.772. The van der Waals surface area contributed by atoms with Crippen molar-refractivity contribution in [3.63, 3.8) is 0 Å². The number of benzene rings is 2. The zero-order valence-corrected chi connectivity index (χ0v) is 14.1. The van der Waals surface area contributed by atoms with Crippen molar-refractivity contribution < 1.29 is 9.18 Å². The first kappa shape index (κ1) is 16.3. The maximum Gasteiger partial charge on any atom is 0.259 e. The van der Waals surface area contributed by atoms with Crippen LogP contribution in [0.15, 0.2) is 59.5 Å². The molecule has 1 aliphatic rings. The molecule has 4 rings (SSSR count). The van der Waals surface area contributed by atoms with Crippen LogP contribution in [0.2, 0.25) is 0 Å². The number of H-pyrrole nitrogens is 1. The van der Waals surface area contributed by atoms with Crippen molar-refractivity contribution >= 4 is 22.5 Å². The van der Waals surface area contributed by atoms with E-state index < -0.39 is 0 Å². The minimum atomic E-state index is -0.266. The monoisotopic (exact) mass is 351 g/mol. The number of pyridine rings is 1. The molecule has 1 aliphatic heterocycles. The molecule has 1 aromatic heterocycles. The highest BCUT2D eigenvalue weighted by Crippen LogP contribution is 2.18. The minimum Gasteiger partial charge on any atom is -0.368 e. The molecule has 1 fully saturated rings. The summed E-state index contributed by atoms with van der Waals surface area (Å²) in [7, 11) is 0. The number of nitrogens with one attached hydrogen (secondary N) is 1. The first-order valence-electron chi connectivity index (χ1n) is 8.54. The molecule has 132 valence electrons. The van der Waals surface area contributed by atoms with Crippen LogP contribution in [-0.4, -0.2) is 42.0 Å². The summed E-state index contributed by atoms with van der Waals surface area (Å²) in [5.74, 6) is -0.520. The van der Waals surface area contributed by atoms with Gasteiger partial charge in [0, 0.05) is 49.0 Å². The molecule has 5 nitrogen and oxygen atoms in total. The van der Waals surface area contributed by atoms with Crippen LogP contribution in [0.5, 0.6) is 0 Å². The van der Waals surface area contributed by atoms with Crippen LogP contribution in [0.1, 0.15) is 10.4 Å². The Morgan fingerprint density at radius 3 is 2.38 bits per heavy atom. The molecule has 2 aromatic carbocycles. The van der Waals surface area contributed by atoms with Crippen molar-refractivity contribution in [1.82, 2.24) is 9.88 Å². The summed E-state index contributed by atoms with van der Waals surface area (Å²) in [6.45, 7) is 2.32. The Labute approximate surface area is 149 Å². The van der Waals surface area contributed by atoms with E-state index in [2.05, 4.69) is 9.88 Å². The number of piperazine rings is 1. The third-order valence-electron chi connectivity index (χ3n) is 4.78. The Morgan fingerprint density at radius 1 is 0.962 bits per heavy atom. The van der Waals surface area contributed by atoms with Gasteiger partial charge in [-0.25, -0.2) is 4.39 Å². The molecule has 6 heteroatoms. The lowest BCUT2D eigenvalue weighted by atomic mass is 10.1. The van der Waals surface area contributed by atoms with E-state index in [-0.39, 0.29) is 22.7 Å². The summed E-state index contributed by atoms with van der Waals surface area (Å²) in [5, 5.41) is 0.517. The highest BCUT2D eigenvalue weighted by Gasteiger charge is 2.24. The Bertz CT molecular complexity index is 1010. The van der Waals surface area contributed by atoms with Crippen molar-refractivity contribution in [2.75, 3.05) is 31.1 Å². The highest BCUT2D eigenvalue weighted by atomic mass is 19.1. The lowest BCUT2D eigenvalue weighted by Crippen LogP contribution is -2.49. The van der Waals surface area contributed by atoms with Crippen LogP contribution in [0.4, 0.5) is 10.1 Å². The fraction of sp³-hybridized carbons (Fsp3) is 0.200. The van der Waals surface area contributed by atoms with E-state index in [0.717, 1.165) is 11.2 Å². The number of carbonyl (C=O) groups is 1. The summed E-state index contributed by atoms with van der Waals surface area (Å²) in [4.78, 5) is 32.2. The zero-order valence-electron chi connectivity index (χ0n) is 14.1. The van der Waals surface area contributed by atoms with Crippen molar-refractivity contribution in [3.05, 3.63) is 76.3 Å². The van der Waals surface area contributed by atoms with Gasteiger partial charge >= 0.3 is 0 Å². The Kier molecular flexibility index (Phi) is 4.16. The van der Waals surface area contributed by atoms with E-state index >= 15 is 0 Å². The number of para-hydroxylation sites is 1. The molecule has 0 bridgehead atoms. The molecular weight excluding hydrogens is 333 g/mol. The van der Waals surface area contributed by atoms with Crippen molar-refractivity contribution in [2.45, 2.75) is 0 Å². The molecule has 1 amide bonds. The maximum atomic E-state index is 13.1. The number of rotatable bonds is 2. The lowest BCUT2D eigenvalue weighted by Gasteiger charge is -2.36. The molecule has 0 saturated carbocycles. The van der Waals surface area contributed by atoms with Gasteiger partial charge in [0.15, 0.2) is 0 Å². The summed E-state index contributed by atoms with van der Waals surface area (Å²) < 4.78 is 13.1. The fourth-order valence-electron chi connectivity index (χ4n) is 3.32. The predicted octanol–water partition coefficient (Wildman–Crippen LogP) is 2.63. The van der Waals surface area contributed by atoms with E-state index in [0.29, 0.717) is 31.6 Å². The molecule has 0 aliphatic carbocycles. The second-order valence-electron chi connectivity index (χ2n) is 6.33. The first-order chi connectivity index (χ1) is 12.6. The number of anilines is 1. The number of fused-ring (bicyclic) bond motifs is 1. The molecule has 3 aromatic rings. The lowest BCUT2D eigenvalue weighted by molar-refractivity contribution is 0.0745. The molecule has 26 heavy (non-hydrogen) atoms. The van der Waals surface area contributed by atoms with Gasteiger partial charge in [-0.2, -0.15) is 0 Å². The second kappa shape index (κ2) is 6.63. The van der Waals surface area contributed by atoms with E-state index in [4.69, 9.17) is 0 Å². The van der Waals surface area contributed by atoms with Crippen molar-refractivity contribution in [3.8, 4) is 0 Å². The number of nitrogens with zero attached hydrogens (tertiary/aromatic N) is 2. The van der Waals surface area contributed by atoms with Gasteiger partial charge in [0.1, 0.15) is 11.4 Å². The Morgan fingerprint density at radius 2 is 1.65 bits per heavy atom. The fourth-order valence-corrected chi connectivity index (χ4v) is 3.32. The third-order valence-corrected chi connectivity index (χ3v) is 4.78. The highest BCUT2D eigenvalue weighted by molar-refractivity contribution is 5.97. The van der Waals surface area contributed by atoms with Crippen LogP contribution in [0.25, 0.3) is 10.9 Å². The Balaban J connectivity index is 1.51. The largest absolute Gasteiger partial charge is 0.368 e. The standard InChI is InChI=1S/C20H18FN3O2/c21-14-5-7-15(8-6-14)23-9-11-24(12-10-23)20(26)17-13-22-18-4-2-1-3-16(18)19(17)25/h1-8,13H,9-12H2,(H,22,25). The summed E-state index contributed by atoms with van der Waals surface area (Å²) in [5.41, 5.74) is 1.57. The average molecular weight is 351 g/mol. The molecule has 0 radical (unpaired) electrons. The number of amides is 1. The van der Waals surface area contributed by atoms with Gasteiger partial charge < -0.3 is 14.8 Å². The molecular formula is C20H18FN3O2. The van der Waals surface area contributed by atoms with Gasteiger partial charge in [-0.3, -0.25) is 9.59 Å². The number of hydrogen-bond acceptors (Lipinski definition) is 3. The van der Waals surface area contributed by atoms with Crippen LogP contribution in [0, 0.1) is 5.82 Å². The summed E-state index contributed by atoms with van der Waals surface area (Å²) >= 11 is 0. The number of aromatic nitrogens is 1. The van der Waals surface area contributed by atoms with E-state index in [1.54, 1.807) is 29.2 Å². The molecule has 2 heterocycles. The summed E-state index contributed by atoms with van der Waals surface area (Å²) in [6, 6.07) is 13.5. The molecule has 0 unspecified atom stereocenters. The van der Waals surface area contributed by atoms with Crippen LogP contribution in [0.3, 0.4) is 0 Å². The second-order valence-corrected chi connectivity index (χ2v) is 6.33. The smallest absolute Gasteiger partial charge is 0.259 e. The number of carbonyl (C=O) groups excluding carboxylic acids is 1. The third kappa shape index (κ3) is 2.94. The van der Waals surface area contributed by atoms with E-state index in [9.17, 15) is 14.0 Å². The van der Waals surface area contributed by atoms with Crippen molar-refractivity contribution in [2.24, 2.45) is 0 Å². The average Bonchev–Trinajstić information content (AvgIpc) is 2.69. The first-order valence-corrected chi connectivity index (χ1v) is 8.54. The van der Waals surface area contributed by atoms with Gasteiger partial charge in [-0.05, 0) is 36.4 Å². The van der Waals surface area contributed by atoms with Gasteiger partial charge in [0.25, 0.3) is 5.91 Å². The molecule has 1 saturated heterocycles. The van der Waals surface area contributed by atoms with Crippen molar-refractivity contribution in [1.29, 1.82) is 0 Å². The topological polar surface area (TPSA) is 56.4 Å². The normalized spacial score (nSPS) is 14.7. The number of aromatic amines is 1. The zero-order chi connectivity index (χ0) is 18.1. The van der Waals surface area contributed by atoms with E-state index in [1.807, 2.05) is 12.1 Å². The van der Waals surface area contributed by atoms with Crippen LogP contribution < -0.4 is 10.3 Å². The Hall–Kier alpha value is -3.15. The minimum absolute atomic E-state index is 0.166. The summed E-state index contributed by atoms with van der Waals surface area (Å²) in [6.07, 6.45) is 1.50. The van der Waals surface area contributed by atoms with Gasteiger partial charge in [0.2, 0.25) is 5.43 Å². The van der Waals surface area contributed by atoms with Gasteiger partial charge in [-0.1, -0.05) is 12.1 Å². The number of halogens is 1. The van der Waals surface area contributed by atoms with Crippen LogP contribution in [-0.2, 0) is 0 Å². The van der Waals surface area contributed by atoms with Gasteiger partial charge in [-0.15, -0.1) is 0 Å². The molecule has 1 N–H and O–H groups in total. The molecule has 0 atom stereocenters. The molecule has 0 spiro atoms. The SMILES string of the molecule is O=C(c1c[nH]c2ccccc2c1=O)N1CCN(c2ccc(F)cc2)CC1. The maximum absolute atomic E-state index is 13.1. The van der Waals surface area contributed by atoms with Crippen LogP contribution >= 0.6 is 0 Å². The van der Waals surface area contributed by atoms with E-state index in [1.165, 1.54) is 18.3 Å². The number of hydrogen-bond donors (Lipinski definition) is 1. The predicted molar refractivity (Wildman–Crippen MR) is 99.1 cm³/mol.